The van der Waals surface area contributed by atoms with Gasteiger partial charge in [0.05, 0.1) is 6.61 Å². The van der Waals surface area contributed by atoms with Gasteiger partial charge in [0, 0.05) is 19.0 Å². The van der Waals surface area contributed by atoms with Crippen molar-refractivity contribution in [3.05, 3.63) is 65.2 Å². The van der Waals surface area contributed by atoms with Crippen molar-refractivity contribution in [2.24, 2.45) is 0 Å². The Balaban J connectivity index is 1.50. The van der Waals surface area contributed by atoms with Gasteiger partial charge in [-0.15, -0.1) is 0 Å². The van der Waals surface area contributed by atoms with E-state index in [1.165, 1.54) is 23.1 Å². The van der Waals surface area contributed by atoms with E-state index < -0.39 is 0 Å². The molecule has 0 radical (unpaired) electrons. The Bertz CT molecular complexity index is 579. The molecule has 2 nitrogen and oxygen atoms in total. The fraction of sp³-hybridized carbons (Fsp3) is 0.333. The summed E-state index contributed by atoms with van der Waals surface area (Å²) >= 11 is 0. The van der Waals surface area contributed by atoms with E-state index in [0.29, 0.717) is 5.92 Å². The minimum Gasteiger partial charge on any atom is -0.494 e. The fourth-order valence-corrected chi connectivity index (χ4v) is 2.85. The van der Waals surface area contributed by atoms with Crippen molar-refractivity contribution < 1.29 is 4.74 Å². The molecule has 1 aliphatic carbocycles. The number of nitrogens with one attached hydrogen (secondary N) is 1. The molecule has 1 unspecified atom stereocenters. The van der Waals surface area contributed by atoms with Crippen LogP contribution in [0.2, 0.25) is 0 Å². The van der Waals surface area contributed by atoms with Gasteiger partial charge in [0.25, 0.3) is 0 Å². The summed E-state index contributed by atoms with van der Waals surface area (Å²) in [6.07, 6.45) is 1.21. The second-order valence-corrected chi connectivity index (χ2v) is 5.31. The Morgan fingerprint density at radius 1 is 1.15 bits per heavy atom. The van der Waals surface area contributed by atoms with E-state index in [1.807, 2.05) is 13.0 Å². The zero-order valence-electron chi connectivity index (χ0n) is 11.9. The Morgan fingerprint density at radius 2 is 2.05 bits per heavy atom. The summed E-state index contributed by atoms with van der Waals surface area (Å²) in [6.45, 7) is 4.68. The second kappa shape index (κ2) is 6.10. The van der Waals surface area contributed by atoms with Crippen LogP contribution in [0.5, 0.6) is 5.75 Å². The van der Waals surface area contributed by atoms with Crippen molar-refractivity contribution in [1.82, 2.24) is 5.32 Å². The summed E-state index contributed by atoms with van der Waals surface area (Å²) in [6, 6.07) is 17.1. The van der Waals surface area contributed by atoms with Gasteiger partial charge in [-0.25, -0.2) is 0 Å². The molecule has 0 heterocycles. The number of hydrogen-bond donors (Lipinski definition) is 1. The zero-order valence-corrected chi connectivity index (χ0v) is 11.9. The summed E-state index contributed by atoms with van der Waals surface area (Å²) in [5, 5.41) is 3.56. The highest BCUT2D eigenvalue weighted by Gasteiger charge is 2.24. The predicted octanol–water partition coefficient (Wildman–Crippen LogP) is 3.51. The smallest absolute Gasteiger partial charge is 0.119 e. The van der Waals surface area contributed by atoms with Gasteiger partial charge in [-0.05, 0) is 42.2 Å². The molecule has 1 aliphatic rings. The summed E-state index contributed by atoms with van der Waals surface area (Å²) in [5.41, 5.74) is 4.31. The topological polar surface area (TPSA) is 21.3 Å². The van der Waals surface area contributed by atoms with Crippen LogP contribution in [0.15, 0.2) is 48.5 Å². The Labute approximate surface area is 120 Å². The molecule has 20 heavy (non-hydrogen) atoms. The van der Waals surface area contributed by atoms with Crippen molar-refractivity contribution in [3.8, 4) is 5.75 Å². The van der Waals surface area contributed by atoms with Gasteiger partial charge in [-0.3, -0.25) is 0 Å². The number of fused-ring (bicyclic) bond motifs is 1. The number of benzene rings is 2. The molecule has 0 bridgehead atoms. The molecular weight excluding hydrogens is 246 g/mol. The zero-order chi connectivity index (χ0) is 13.8. The Kier molecular flexibility index (Phi) is 4.03. The van der Waals surface area contributed by atoms with Crippen LogP contribution in [0.4, 0.5) is 0 Å². The van der Waals surface area contributed by atoms with Gasteiger partial charge in [-0.2, -0.15) is 0 Å². The van der Waals surface area contributed by atoms with Crippen LogP contribution >= 0.6 is 0 Å². The Morgan fingerprint density at radius 3 is 2.90 bits per heavy atom. The summed E-state index contributed by atoms with van der Waals surface area (Å²) in [7, 11) is 0. The highest BCUT2D eigenvalue weighted by atomic mass is 16.5. The molecule has 1 atom stereocenters. The SMILES string of the molecule is CCOc1cccc(CNCC2Cc3ccccc32)c1. The minimum absolute atomic E-state index is 0.682. The van der Waals surface area contributed by atoms with Crippen molar-refractivity contribution in [1.29, 1.82) is 0 Å². The van der Waals surface area contributed by atoms with Gasteiger partial charge in [0.2, 0.25) is 0 Å². The van der Waals surface area contributed by atoms with Crippen LogP contribution in [0.25, 0.3) is 0 Å². The molecule has 0 amide bonds. The summed E-state index contributed by atoms with van der Waals surface area (Å²) in [4.78, 5) is 0. The third-order valence-corrected chi connectivity index (χ3v) is 3.89. The average Bonchev–Trinajstić information content (AvgIpc) is 2.45. The molecule has 2 aromatic rings. The van der Waals surface area contributed by atoms with Gasteiger partial charge in [0.1, 0.15) is 5.75 Å². The number of hydrogen-bond acceptors (Lipinski definition) is 2. The van der Waals surface area contributed by atoms with Crippen molar-refractivity contribution in [3.63, 3.8) is 0 Å². The van der Waals surface area contributed by atoms with Crippen LogP contribution in [0, 0.1) is 0 Å². The number of ether oxygens (including phenoxy) is 1. The molecule has 0 aliphatic heterocycles. The third kappa shape index (κ3) is 2.86. The minimum atomic E-state index is 0.682. The number of rotatable bonds is 6. The highest BCUT2D eigenvalue weighted by molar-refractivity contribution is 5.40. The van der Waals surface area contributed by atoms with Gasteiger partial charge >= 0.3 is 0 Å². The third-order valence-electron chi connectivity index (χ3n) is 3.89. The highest BCUT2D eigenvalue weighted by Crippen LogP contribution is 2.34. The molecule has 2 heteroatoms. The van der Waals surface area contributed by atoms with Crippen LogP contribution in [0.3, 0.4) is 0 Å². The van der Waals surface area contributed by atoms with E-state index in [0.717, 1.165) is 25.4 Å². The molecule has 2 aromatic carbocycles. The maximum absolute atomic E-state index is 5.52. The van der Waals surface area contributed by atoms with Crippen LogP contribution < -0.4 is 10.1 Å². The molecule has 0 fully saturated rings. The van der Waals surface area contributed by atoms with E-state index in [2.05, 4.69) is 47.8 Å². The first-order valence-corrected chi connectivity index (χ1v) is 7.37. The van der Waals surface area contributed by atoms with E-state index >= 15 is 0 Å². The molecular formula is C18H21NO. The monoisotopic (exact) mass is 267 g/mol. The largest absolute Gasteiger partial charge is 0.494 e. The quantitative estimate of drug-likeness (QED) is 0.864. The predicted molar refractivity (Wildman–Crippen MR) is 82.2 cm³/mol. The lowest BCUT2D eigenvalue weighted by atomic mass is 9.77. The molecule has 3 rings (SSSR count). The first kappa shape index (κ1) is 13.2. The van der Waals surface area contributed by atoms with Gasteiger partial charge < -0.3 is 10.1 Å². The molecule has 0 spiro atoms. The summed E-state index contributed by atoms with van der Waals surface area (Å²) < 4.78 is 5.52. The van der Waals surface area contributed by atoms with Crippen molar-refractivity contribution in [2.45, 2.75) is 25.8 Å². The van der Waals surface area contributed by atoms with Crippen molar-refractivity contribution in [2.75, 3.05) is 13.2 Å². The van der Waals surface area contributed by atoms with Crippen LogP contribution in [0.1, 0.15) is 29.5 Å². The maximum atomic E-state index is 5.52. The van der Waals surface area contributed by atoms with E-state index in [4.69, 9.17) is 4.74 Å². The van der Waals surface area contributed by atoms with Crippen LogP contribution in [-0.4, -0.2) is 13.2 Å². The average molecular weight is 267 g/mol. The molecule has 1 N–H and O–H groups in total. The second-order valence-electron chi connectivity index (χ2n) is 5.31. The maximum Gasteiger partial charge on any atom is 0.119 e. The fourth-order valence-electron chi connectivity index (χ4n) is 2.85. The molecule has 104 valence electrons. The van der Waals surface area contributed by atoms with E-state index in [9.17, 15) is 0 Å². The first-order valence-electron chi connectivity index (χ1n) is 7.37. The first-order chi connectivity index (χ1) is 9.86. The van der Waals surface area contributed by atoms with E-state index in [1.54, 1.807) is 0 Å². The lowest BCUT2D eigenvalue weighted by molar-refractivity contribution is 0.340. The van der Waals surface area contributed by atoms with Gasteiger partial charge in [-0.1, -0.05) is 36.4 Å². The summed E-state index contributed by atoms with van der Waals surface area (Å²) in [5.74, 6) is 1.64. The normalized spacial score (nSPS) is 16.4. The molecule has 0 saturated heterocycles. The standard InChI is InChI=1S/C18H21NO/c1-2-20-17-8-5-6-14(10-17)12-19-13-16-11-15-7-3-4-9-18(15)16/h3-10,16,19H,2,11-13H2,1H3. The molecule has 0 saturated carbocycles. The van der Waals surface area contributed by atoms with E-state index in [-0.39, 0.29) is 0 Å². The lowest BCUT2D eigenvalue weighted by Gasteiger charge is -2.30. The van der Waals surface area contributed by atoms with Gasteiger partial charge in [0.15, 0.2) is 0 Å². The Hall–Kier alpha value is -1.80. The molecule has 0 aromatic heterocycles. The van der Waals surface area contributed by atoms with Crippen LogP contribution in [-0.2, 0) is 13.0 Å². The lowest BCUT2D eigenvalue weighted by Crippen LogP contribution is -2.28. The van der Waals surface area contributed by atoms with Crippen molar-refractivity contribution >= 4 is 0 Å².